The molecule has 1 aliphatic heterocycles. The third-order valence-corrected chi connectivity index (χ3v) is 4.49. The Labute approximate surface area is 109 Å². The molecule has 3 nitrogen and oxygen atoms in total. The van der Waals surface area contributed by atoms with Crippen LogP contribution in [0.25, 0.3) is 0 Å². The number of thiocarbonyl (C=S) groups is 1. The summed E-state index contributed by atoms with van der Waals surface area (Å²) in [5.74, 6) is 1.45. The molecular weight excluding hydrogens is 252 g/mol. The monoisotopic (exact) mass is 268 g/mol. The van der Waals surface area contributed by atoms with E-state index >= 15 is 0 Å². The Balaban J connectivity index is 2.36. The second-order valence-corrected chi connectivity index (χ2v) is 6.31. The van der Waals surface area contributed by atoms with Gasteiger partial charge in [-0.15, -0.1) is 0 Å². The molecule has 1 aliphatic rings. The Morgan fingerprint density at radius 3 is 2.65 bits per heavy atom. The number of hydrogen-bond acceptors (Lipinski definition) is 3. The maximum Gasteiger partial charge on any atom is 0.106 e. The highest BCUT2D eigenvalue weighted by Gasteiger charge is 2.20. The number of anilines is 1. The molecule has 1 aromatic rings. The van der Waals surface area contributed by atoms with Gasteiger partial charge in [0, 0.05) is 46.6 Å². The summed E-state index contributed by atoms with van der Waals surface area (Å²) in [4.78, 5) is 2.67. The van der Waals surface area contributed by atoms with Crippen LogP contribution in [-0.2, 0) is 10.8 Å². The predicted octanol–water partition coefficient (Wildman–Crippen LogP) is 1.20. The minimum absolute atomic E-state index is 0.426. The van der Waals surface area contributed by atoms with Crippen molar-refractivity contribution in [2.75, 3.05) is 29.5 Å². The molecule has 17 heavy (non-hydrogen) atoms. The van der Waals surface area contributed by atoms with Crippen molar-refractivity contribution in [2.24, 2.45) is 5.73 Å². The minimum atomic E-state index is -0.664. The van der Waals surface area contributed by atoms with E-state index in [1.807, 2.05) is 12.1 Å². The highest BCUT2D eigenvalue weighted by Crippen LogP contribution is 2.26. The SMILES string of the molecule is Cc1cccc(C(N)=S)c1N1CCS(=O)CC1. The first-order chi connectivity index (χ1) is 8.09. The maximum absolute atomic E-state index is 11.4. The molecule has 0 unspecified atom stereocenters. The fourth-order valence-electron chi connectivity index (χ4n) is 2.14. The minimum Gasteiger partial charge on any atom is -0.389 e. The Morgan fingerprint density at radius 2 is 2.06 bits per heavy atom. The number of rotatable bonds is 2. The lowest BCUT2D eigenvalue weighted by atomic mass is 10.1. The van der Waals surface area contributed by atoms with Gasteiger partial charge in [-0.25, -0.2) is 0 Å². The second-order valence-electron chi connectivity index (χ2n) is 4.17. The molecule has 0 aromatic heterocycles. The summed E-state index contributed by atoms with van der Waals surface area (Å²) in [7, 11) is -0.664. The molecule has 1 aromatic carbocycles. The van der Waals surface area contributed by atoms with Crippen LogP contribution in [0.2, 0.25) is 0 Å². The molecule has 1 saturated heterocycles. The Kier molecular flexibility index (Phi) is 3.79. The molecule has 2 rings (SSSR count). The quantitative estimate of drug-likeness (QED) is 0.819. The van der Waals surface area contributed by atoms with Crippen LogP contribution in [0.1, 0.15) is 11.1 Å². The lowest BCUT2D eigenvalue weighted by Gasteiger charge is -2.31. The van der Waals surface area contributed by atoms with Gasteiger partial charge in [0.25, 0.3) is 0 Å². The maximum atomic E-state index is 11.4. The summed E-state index contributed by atoms with van der Waals surface area (Å²) in [6.07, 6.45) is 0. The highest BCUT2D eigenvalue weighted by molar-refractivity contribution is 7.85. The van der Waals surface area contributed by atoms with Crippen LogP contribution >= 0.6 is 12.2 Å². The Hall–Kier alpha value is -0.940. The fourth-order valence-corrected chi connectivity index (χ4v) is 3.36. The standard InChI is InChI=1S/C12H16N2OS2/c1-9-3-2-4-10(12(13)16)11(9)14-5-7-17(15)8-6-14/h2-4H,5-8H2,1H3,(H2,13,16). The number of hydrogen-bond donors (Lipinski definition) is 1. The summed E-state index contributed by atoms with van der Waals surface area (Å²) in [5.41, 5.74) is 8.96. The van der Waals surface area contributed by atoms with Crippen molar-refractivity contribution in [3.63, 3.8) is 0 Å². The number of benzene rings is 1. The average molecular weight is 268 g/mol. The second kappa shape index (κ2) is 5.14. The highest BCUT2D eigenvalue weighted by atomic mass is 32.2. The van der Waals surface area contributed by atoms with E-state index in [4.69, 9.17) is 18.0 Å². The van der Waals surface area contributed by atoms with E-state index in [1.165, 1.54) is 5.56 Å². The molecular formula is C12H16N2OS2. The Bertz CT molecular complexity index is 464. The zero-order valence-corrected chi connectivity index (χ0v) is 11.4. The van der Waals surface area contributed by atoms with Gasteiger partial charge in [-0.2, -0.15) is 0 Å². The molecule has 0 atom stereocenters. The van der Waals surface area contributed by atoms with Gasteiger partial charge < -0.3 is 10.6 Å². The van der Waals surface area contributed by atoms with E-state index in [2.05, 4.69) is 17.9 Å². The van der Waals surface area contributed by atoms with Crippen molar-refractivity contribution < 1.29 is 4.21 Å². The molecule has 5 heteroatoms. The number of aryl methyl sites for hydroxylation is 1. The van der Waals surface area contributed by atoms with Crippen LogP contribution in [0.3, 0.4) is 0 Å². The van der Waals surface area contributed by atoms with E-state index in [9.17, 15) is 4.21 Å². The van der Waals surface area contributed by atoms with E-state index in [0.717, 1.165) is 35.8 Å². The molecule has 0 saturated carbocycles. The first kappa shape index (κ1) is 12.5. The van der Waals surface area contributed by atoms with Gasteiger partial charge in [0.2, 0.25) is 0 Å². The van der Waals surface area contributed by atoms with Crippen LogP contribution in [0.4, 0.5) is 5.69 Å². The van der Waals surface area contributed by atoms with Crippen molar-refractivity contribution in [3.8, 4) is 0 Å². The van der Waals surface area contributed by atoms with Gasteiger partial charge in [0.15, 0.2) is 0 Å². The summed E-state index contributed by atoms with van der Waals surface area (Å²) < 4.78 is 11.4. The molecule has 0 spiro atoms. The molecule has 1 fully saturated rings. The summed E-state index contributed by atoms with van der Waals surface area (Å²) >= 11 is 5.09. The lowest BCUT2D eigenvalue weighted by Crippen LogP contribution is -2.39. The molecule has 0 radical (unpaired) electrons. The Morgan fingerprint density at radius 1 is 1.41 bits per heavy atom. The van der Waals surface area contributed by atoms with Crippen molar-refractivity contribution in [1.29, 1.82) is 0 Å². The first-order valence-electron chi connectivity index (χ1n) is 5.59. The lowest BCUT2D eigenvalue weighted by molar-refractivity contribution is 0.673. The van der Waals surface area contributed by atoms with Crippen LogP contribution in [0.15, 0.2) is 18.2 Å². The number of para-hydroxylation sites is 1. The zero-order chi connectivity index (χ0) is 12.4. The summed E-state index contributed by atoms with van der Waals surface area (Å²) in [5, 5.41) is 0. The van der Waals surface area contributed by atoms with Gasteiger partial charge >= 0.3 is 0 Å². The van der Waals surface area contributed by atoms with Crippen molar-refractivity contribution in [1.82, 2.24) is 0 Å². The van der Waals surface area contributed by atoms with E-state index < -0.39 is 10.8 Å². The smallest absolute Gasteiger partial charge is 0.106 e. The predicted molar refractivity (Wildman–Crippen MR) is 77.2 cm³/mol. The molecule has 92 valence electrons. The molecule has 0 bridgehead atoms. The van der Waals surface area contributed by atoms with E-state index in [1.54, 1.807) is 0 Å². The number of nitrogens with two attached hydrogens (primary N) is 1. The van der Waals surface area contributed by atoms with Crippen LogP contribution in [0, 0.1) is 6.92 Å². The summed E-state index contributed by atoms with van der Waals surface area (Å²) in [6.45, 7) is 3.68. The average Bonchev–Trinajstić information content (AvgIpc) is 2.30. The van der Waals surface area contributed by atoms with Gasteiger partial charge in [-0.05, 0) is 18.6 Å². The van der Waals surface area contributed by atoms with Crippen molar-refractivity contribution in [3.05, 3.63) is 29.3 Å². The molecule has 0 aliphatic carbocycles. The van der Waals surface area contributed by atoms with Gasteiger partial charge in [-0.3, -0.25) is 4.21 Å². The van der Waals surface area contributed by atoms with E-state index in [-0.39, 0.29) is 0 Å². The first-order valence-corrected chi connectivity index (χ1v) is 7.48. The molecule has 0 amide bonds. The van der Waals surface area contributed by atoms with Gasteiger partial charge in [0.05, 0.1) is 0 Å². The van der Waals surface area contributed by atoms with Crippen molar-refractivity contribution in [2.45, 2.75) is 6.92 Å². The largest absolute Gasteiger partial charge is 0.389 e. The van der Waals surface area contributed by atoms with Gasteiger partial charge in [0.1, 0.15) is 4.99 Å². The topological polar surface area (TPSA) is 46.3 Å². The van der Waals surface area contributed by atoms with E-state index in [0.29, 0.717) is 4.99 Å². The normalized spacial score (nSPS) is 17.1. The van der Waals surface area contributed by atoms with Gasteiger partial charge in [-0.1, -0.05) is 24.4 Å². The molecule has 1 heterocycles. The third kappa shape index (κ3) is 2.66. The number of nitrogens with zero attached hydrogens (tertiary/aromatic N) is 1. The third-order valence-electron chi connectivity index (χ3n) is 3.00. The summed E-state index contributed by atoms with van der Waals surface area (Å²) in [6, 6.07) is 5.98. The molecule has 2 N–H and O–H groups in total. The zero-order valence-electron chi connectivity index (χ0n) is 9.81. The van der Waals surface area contributed by atoms with Crippen LogP contribution in [0.5, 0.6) is 0 Å². The van der Waals surface area contributed by atoms with Crippen LogP contribution in [-0.4, -0.2) is 33.8 Å². The van der Waals surface area contributed by atoms with Crippen molar-refractivity contribution >= 4 is 33.7 Å². The fraction of sp³-hybridized carbons (Fsp3) is 0.417. The van der Waals surface area contributed by atoms with Crippen LogP contribution < -0.4 is 10.6 Å².